The first kappa shape index (κ1) is 22.0. The topological polar surface area (TPSA) is 57.6 Å². The van der Waals surface area contributed by atoms with Crippen LogP contribution in [0.1, 0.15) is 41.6 Å². The Labute approximate surface area is 173 Å². The molecular formula is C23H24F3NO3. The maximum atomic E-state index is 14.1. The fourth-order valence-corrected chi connectivity index (χ4v) is 3.98. The summed E-state index contributed by atoms with van der Waals surface area (Å²) in [6, 6.07) is 8.52. The summed E-state index contributed by atoms with van der Waals surface area (Å²) in [7, 11) is 0. The molecule has 1 amide bonds. The Kier molecular flexibility index (Phi) is 6.92. The van der Waals surface area contributed by atoms with Crippen LogP contribution in [-0.2, 0) is 11.2 Å². The number of Topliss-reactive ketones (excluding diaryl/α,β-unsaturated/α-hetero) is 1. The number of hydrogen-bond donors (Lipinski definition) is 1. The minimum atomic E-state index is -0.715. The molecule has 7 heteroatoms. The molecule has 0 bridgehead atoms. The molecule has 3 rings (SSSR count). The molecule has 4 nitrogen and oxygen atoms in total. The van der Waals surface area contributed by atoms with Gasteiger partial charge in [-0.3, -0.25) is 9.59 Å². The van der Waals surface area contributed by atoms with E-state index in [1.54, 1.807) is 4.90 Å². The first-order valence-corrected chi connectivity index (χ1v) is 9.93. The maximum absolute atomic E-state index is 14.1. The van der Waals surface area contributed by atoms with Gasteiger partial charge in [-0.1, -0.05) is 6.07 Å². The zero-order chi connectivity index (χ0) is 21.7. The van der Waals surface area contributed by atoms with Crippen molar-refractivity contribution in [2.24, 2.45) is 5.41 Å². The number of halogens is 3. The van der Waals surface area contributed by atoms with E-state index >= 15 is 0 Å². The molecule has 0 saturated carbocycles. The highest BCUT2D eigenvalue weighted by atomic mass is 19.1. The summed E-state index contributed by atoms with van der Waals surface area (Å²) in [5.41, 5.74) is -0.0707. The van der Waals surface area contributed by atoms with E-state index in [4.69, 9.17) is 0 Å². The average molecular weight is 419 g/mol. The summed E-state index contributed by atoms with van der Waals surface area (Å²) in [5.74, 6) is -2.24. The van der Waals surface area contributed by atoms with Crippen LogP contribution in [-0.4, -0.2) is 41.4 Å². The number of ketones is 1. The fraction of sp³-hybridized carbons (Fsp3) is 0.391. The Hall–Kier alpha value is -2.67. The second kappa shape index (κ2) is 9.43. The van der Waals surface area contributed by atoms with E-state index in [-0.39, 0.29) is 44.1 Å². The minimum absolute atomic E-state index is 0.000316. The van der Waals surface area contributed by atoms with Crippen LogP contribution in [0.2, 0.25) is 0 Å². The molecule has 1 atom stereocenters. The lowest BCUT2D eigenvalue weighted by atomic mass is 9.75. The van der Waals surface area contributed by atoms with Crippen LogP contribution in [0.3, 0.4) is 0 Å². The normalized spacial score (nSPS) is 19.0. The molecule has 0 radical (unpaired) electrons. The summed E-state index contributed by atoms with van der Waals surface area (Å²) in [6.07, 6.45) is 1.44. The first-order chi connectivity index (χ1) is 14.3. The van der Waals surface area contributed by atoms with Crippen LogP contribution in [0.15, 0.2) is 42.5 Å². The van der Waals surface area contributed by atoms with Crippen molar-refractivity contribution in [3.8, 4) is 0 Å². The Morgan fingerprint density at radius 2 is 1.70 bits per heavy atom. The molecule has 30 heavy (non-hydrogen) atoms. The third kappa shape index (κ3) is 5.27. The van der Waals surface area contributed by atoms with Gasteiger partial charge < -0.3 is 10.0 Å². The molecule has 1 unspecified atom stereocenters. The van der Waals surface area contributed by atoms with Crippen LogP contribution in [0.25, 0.3) is 0 Å². The predicted octanol–water partition coefficient (Wildman–Crippen LogP) is 3.91. The quantitative estimate of drug-likeness (QED) is 0.693. The van der Waals surface area contributed by atoms with E-state index in [2.05, 4.69) is 0 Å². The van der Waals surface area contributed by atoms with Gasteiger partial charge in [-0.2, -0.15) is 0 Å². The van der Waals surface area contributed by atoms with Crippen LogP contribution in [0, 0.1) is 22.9 Å². The molecule has 0 aromatic heterocycles. The smallest absolute Gasteiger partial charge is 0.223 e. The maximum Gasteiger partial charge on any atom is 0.223 e. The third-order valence-corrected chi connectivity index (χ3v) is 5.66. The molecule has 1 heterocycles. The highest BCUT2D eigenvalue weighted by Gasteiger charge is 2.37. The number of likely N-dealkylation sites (tertiary alicyclic amines) is 1. The number of amides is 1. The van der Waals surface area contributed by atoms with Crippen LogP contribution in [0.5, 0.6) is 0 Å². The molecule has 1 saturated heterocycles. The molecule has 2 aromatic carbocycles. The van der Waals surface area contributed by atoms with Crippen molar-refractivity contribution in [1.82, 2.24) is 4.90 Å². The van der Waals surface area contributed by atoms with E-state index in [0.29, 0.717) is 30.5 Å². The van der Waals surface area contributed by atoms with E-state index in [9.17, 15) is 27.9 Å². The molecule has 1 fully saturated rings. The summed E-state index contributed by atoms with van der Waals surface area (Å²) < 4.78 is 40.3. The van der Waals surface area contributed by atoms with E-state index in [0.717, 1.165) is 6.07 Å². The number of hydrogen-bond acceptors (Lipinski definition) is 3. The number of aliphatic hydroxyl groups is 1. The van der Waals surface area contributed by atoms with Gasteiger partial charge in [0.25, 0.3) is 0 Å². The van der Waals surface area contributed by atoms with E-state index < -0.39 is 22.9 Å². The van der Waals surface area contributed by atoms with Crippen molar-refractivity contribution in [2.45, 2.75) is 32.1 Å². The number of aliphatic hydroxyl groups excluding tert-OH is 1. The van der Waals surface area contributed by atoms with Gasteiger partial charge in [0, 0.05) is 43.0 Å². The van der Waals surface area contributed by atoms with Crippen molar-refractivity contribution >= 4 is 11.7 Å². The van der Waals surface area contributed by atoms with Gasteiger partial charge in [0.2, 0.25) is 5.91 Å². The number of benzene rings is 2. The number of rotatable bonds is 7. The average Bonchev–Trinajstić information content (AvgIpc) is 2.74. The van der Waals surface area contributed by atoms with E-state index in [1.807, 2.05) is 0 Å². The van der Waals surface area contributed by atoms with Crippen molar-refractivity contribution in [1.29, 1.82) is 0 Å². The van der Waals surface area contributed by atoms with Crippen molar-refractivity contribution in [3.63, 3.8) is 0 Å². The van der Waals surface area contributed by atoms with Gasteiger partial charge in [0.1, 0.15) is 17.5 Å². The van der Waals surface area contributed by atoms with E-state index in [1.165, 1.54) is 36.4 Å². The van der Waals surface area contributed by atoms with Crippen molar-refractivity contribution in [2.75, 3.05) is 19.7 Å². The lowest BCUT2D eigenvalue weighted by Crippen LogP contribution is -2.49. The van der Waals surface area contributed by atoms with Crippen LogP contribution in [0.4, 0.5) is 13.2 Å². The Morgan fingerprint density at radius 3 is 2.37 bits per heavy atom. The molecule has 0 spiro atoms. The number of carbonyl (C=O) groups excluding carboxylic acids is 2. The van der Waals surface area contributed by atoms with Gasteiger partial charge >= 0.3 is 0 Å². The highest BCUT2D eigenvalue weighted by Crippen LogP contribution is 2.34. The Morgan fingerprint density at radius 1 is 1.00 bits per heavy atom. The standard InChI is InChI=1S/C23H24F3NO3/c24-18-5-2-16(3-6-18)21(29)8-9-22(30)27-11-1-10-23(14-27,15-28)13-17-4-7-19(25)12-20(17)26/h2-7,12,28H,1,8-11,13-15H2. The zero-order valence-corrected chi connectivity index (χ0v) is 16.5. The second-order valence-corrected chi connectivity index (χ2v) is 7.92. The largest absolute Gasteiger partial charge is 0.396 e. The first-order valence-electron chi connectivity index (χ1n) is 9.93. The molecule has 1 aliphatic rings. The summed E-state index contributed by atoms with van der Waals surface area (Å²) in [6.45, 7) is 0.503. The highest BCUT2D eigenvalue weighted by molar-refractivity contribution is 5.97. The lowest BCUT2D eigenvalue weighted by Gasteiger charge is -2.42. The molecule has 0 aliphatic carbocycles. The van der Waals surface area contributed by atoms with Crippen LogP contribution >= 0.6 is 0 Å². The third-order valence-electron chi connectivity index (χ3n) is 5.66. The Bertz CT molecular complexity index is 916. The number of carbonyl (C=O) groups is 2. The van der Waals surface area contributed by atoms with Gasteiger partial charge in [-0.25, -0.2) is 13.2 Å². The number of nitrogens with zero attached hydrogens (tertiary/aromatic N) is 1. The lowest BCUT2D eigenvalue weighted by molar-refractivity contribution is -0.135. The molecule has 1 N–H and O–H groups in total. The zero-order valence-electron chi connectivity index (χ0n) is 16.5. The van der Waals surface area contributed by atoms with Gasteiger partial charge in [-0.05, 0) is 55.2 Å². The van der Waals surface area contributed by atoms with Gasteiger partial charge in [-0.15, -0.1) is 0 Å². The summed E-state index contributed by atoms with van der Waals surface area (Å²) in [5, 5.41) is 10.0. The van der Waals surface area contributed by atoms with Crippen molar-refractivity contribution < 1.29 is 27.9 Å². The van der Waals surface area contributed by atoms with Gasteiger partial charge in [0.15, 0.2) is 5.78 Å². The summed E-state index contributed by atoms with van der Waals surface area (Å²) in [4.78, 5) is 26.5. The van der Waals surface area contributed by atoms with Crippen LogP contribution < -0.4 is 0 Å². The molecular weight excluding hydrogens is 395 g/mol. The SMILES string of the molecule is O=C(CCC(=O)N1CCCC(CO)(Cc2ccc(F)cc2F)C1)c1ccc(F)cc1. The predicted molar refractivity (Wildman–Crippen MR) is 105 cm³/mol. The molecule has 2 aromatic rings. The summed E-state index contributed by atoms with van der Waals surface area (Å²) >= 11 is 0. The monoisotopic (exact) mass is 419 g/mol. The minimum Gasteiger partial charge on any atom is -0.396 e. The van der Waals surface area contributed by atoms with Gasteiger partial charge in [0.05, 0.1) is 6.61 Å². The molecule has 1 aliphatic heterocycles. The molecule has 160 valence electrons. The Balaban J connectivity index is 1.62. The van der Waals surface area contributed by atoms with Crippen molar-refractivity contribution in [3.05, 3.63) is 71.0 Å². The number of piperidine rings is 1. The second-order valence-electron chi connectivity index (χ2n) is 7.92. The fourth-order valence-electron chi connectivity index (χ4n) is 3.98.